The monoisotopic (exact) mass is 291 g/mol. The van der Waals surface area contributed by atoms with Crippen LogP contribution >= 0.6 is 11.6 Å². The molecular formula is C14H18ClN5. The normalized spacial score (nSPS) is 26.1. The smallest absolute Gasteiger partial charge is 0.184 e. The van der Waals surface area contributed by atoms with Crippen LogP contribution in [-0.2, 0) is 0 Å². The van der Waals surface area contributed by atoms with Crippen LogP contribution in [0.3, 0.4) is 0 Å². The lowest BCUT2D eigenvalue weighted by Gasteiger charge is -2.19. The molecule has 2 aromatic rings. The van der Waals surface area contributed by atoms with Crippen molar-refractivity contribution in [2.45, 2.75) is 32.7 Å². The lowest BCUT2D eigenvalue weighted by molar-refractivity contribution is 0.328. The zero-order valence-corrected chi connectivity index (χ0v) is 12.4. The first kappa shape index (κ1) is 13.4. The summed E-state index contributed by atoms with van der Waals surface area (Å²) in [7, 11) is 0. The van der Waals surface area contributed by atoms with Crippen LogP contribution in [-0.4, -0.2) is 20.2 Å². The van der Waals surface area contributed by atoms with Crippen molar-refractivity contribution in [2.75, 3.05) is 5.73 Å². The summed E-state index contributed by atoms with van der Waals surface area (Å²) in [5, 5.41) is 12.8. The van der Waals surface area contributed by atoms with Gasteiger partial charge in [-0.1, -0.05) is 25.4 Å². The minimum absolute atomic E-state index is 0.338. The molecule has 1 aromatic carbocycles. The third kappa shape index (κ3) is 2.16. The SMILES string of the molecule is CC1CCC(n2nnnc2-c2ccc(Cl)cc2N)C1C. The highest BCUT2D eigenvalue weighted by Crippen LogP contribution is 2.41. The molecule has 3 rings (SSSR count). The number of aromatic nitrogens is 4. The van der Waals surface area contributed by atoms with E-state index in [0.717, 1.165) is 17.8 Å². The lowest BCUT2D eigenvalue weighted by Crippen LogP contribution is -2.17. The van der Waals surface area contributed by atoms with Gasteiger partial charge in [0, 0.05) is 16.3 Å². The maximum atomic E-state index is 6.05. The third-order valence-electron chi connectivity index (χ3n) is 4.48. The number of benzene rings is 1. The van der Waals surface area contributed by atoms with Crippen molar-refractivity contribution in [3.8, 4) is 11.4 Å². The number of hydrogen-bond acceptors (Lipinski definition) is 4. The molecule has 0 amide bonds. The fraction of sp³-hybridized carbons (Fsp3) is 0.500. The number of tetrazole rings is 1. The predicted octanol–water partition coefficient (Wildman–Crippen LogP) is 3.18. The Labute approximate surface area is 123 Å². The second-order valence-corrected chi connectivity index (χ2v) is 6.10. The quantitative estimate of drug-likeness (QED) is 0.863. The molecule has 2 N–H and O–H groups in total. The van der Waals surface area contributed by atoms with Crippen LogP contribution in [0.2, 0.25) is 5.02 Å². The van der Waals surface area contributed by atoms with E-state index in [1.165, 1.54) is 6.42 Å². The van der Waals surface area contributed by atoms with Gasteiger partial charge in [0.2, 0.25) is 0 Å². The Morgan fingerprint density at radius 2 is 2.10 bits per heavy atom. The van der Waals surface area contributed by atoms with Gasteiger partial charge in [0.25, 0.3) is 0 Å². The van der Waals surface area contributed by atoms with E-state index in [0.29, 0.717) is 28.6 Å². The van der Waals surface area contributed by atoms with Gasteiger partial charge in [-0.15, -0.1) is 5.10 Å². The molecule has 1 saturated carbocycles. The van der Waals surface area contributed by atoms with Crippen LogP contribution in [0.4, 0.5) is 5.69 Å². The number of hydrogen-bond donors (Lipinski definition) is 1. The summed E-state index contributed by atoms with van der Waals surface area (Å²) in [6.45, 7) is 4.55. The first-order valence-electron chi connectivity index (χ1n) is 6.91. The molecule has 20 heavy (non-hydrogen) atoms. The van der Waals surface area contributed by atoms with Crippen molar-refractivity contribution in [2.24, 2.45) is 11.8 Å². The zero-order chi connectivity index (χ0) is 14.3. The molecule has 3 unspecified atom stereocenters. The molecule has 6 heteroatoms. The van der Waals surface area contributed by atoms with Gasteiger partial charge in [-0.2, -0.15) is 0 Å². The average Bonchev–Trinajstić information content (AvgIpc) is 2.98. The molecule has 0 saturated heterocycles. The van der Waals surface area contributed by atoms with E-state index < -0.39 is 0 Å². The second kappa shape index (κ2) is 5.05. The van der Waals surface area contributed by atoms with Gasteiger partial charge >= 0.3 is 0 Å². The first-order chi connectivity index (χ1) is 9.58. The second-order valence-electron chi connectivity index (χ2n) is 5.66. The van der Waals surface area contributed by atoms with E-state index in [1.54, 1.807) is 6.07 Å². The van der Waals surface area contributed by atoms with E-state index in [9.17, 15) is 0 Å². The van der Waals surface area contributed by atoms with E-state index in [4.69, 9.17) is 17.3 Å². The van der Waals surface area contributed by atoms with Gasteiger partial charge < -0.3 is 5.73 Å². The van der Waals surface area contributed by atoms with Gasteiger partial charge in [0.05, 0.1) is 6.04 Å². The summed E-state index contributed by atoms with van der Waals surface area (Å²) < 4.78 is 1.92. The van der Waals surface area contributed by atoms with Crippen LogP contribution in [0.1, 0.15) is 32.7 Å². The maximum Gasteiger partial charge on any atom is 0.184 e. The van der Waals surface area contributed by atoms with Crippen molar-refractivity contribution in [1.29, 1.82) is 0 Å². The molecule has 1 aromatic heterocycles. The van der Waals surface area contributed by atoms with E-state index in [2.05, 4.69) is 29.4 Å². The maximum absolute atomic E-state index is 6.05. The van der Waals surface area contributed by atoms with Crippen molar-refractivity contribution in [3.63, 3.8) is 0 Å². The molecule has 1 heterocycles. The van der Waals surface area contributed by atoms with Crippen LogP contribution in [0.5, 0.6) is 0 Å². The molecule has 0 spiro atoms. The Bertz CT molecular complexity index is 624. The predicted molar refractivity (Wildman–Crippen MR) is 79.3 cm³/mol. The van der Waals surface area contributed by atoms with E-state index >= 15 is 0 Å². The van der Waals surface area contributed by atoms with Crippen LogP contribution < -0.4 is 5.73 Å². The summed E-state index contributed by atoms with van der Waals surface area (Å²) in [5.74, 6) is 1.98. The molecule has 106 valence electrons. The highest BCUT2D eigenvalue weighted by molar-refractivity contribution is 6.31. The minimum Gasteiger partial charge on any atom is -0.398 e. The molecule has 1 aliphatic rings. The number of nitrogens with zero attached hydrogens (tertiary/aromatic N) is 4. The Balaban J connectivity index is 2.02. The summed E-state index contributed by atoms with van der Waals surface area (Å²) in [6, 6.07) is 5.76. The molecule has 3 atom stereocenters. The Hall–Kier alpha value is -1.62. The molecule has 1 fully saturated rings. The Morgan fingerprint density at radius 3 is 2.75 bits per heavy atom. The van der Waals surface area contributed by atoms with Crippen molar-refractivity contribution >= 4 is 17.3 Å². The first-order valence-corrected chi connectivity index (χ1v) is 7.29. The minimum atomic E-state index is 0.338. The van der Waals surface area contributed by atoms with Crippen molar-refractivity contribution in [1.82, 2.24) is 20.2 Å². The number of anilines is 1. The molecule has 5 nitrogen and oxygen atoms in total. The number of rotatable bonds is 2. The van der Waals surface area contributed by atoms with Crippen LogP contribution in [0, 0.1) is 11.8 Å². The molecule has 0 aliphatic heterocycles. The molecule has 0 radical (unpaired) electrons. The standard InChI is InChI=1S/C14H18ClN5/c1-8-3-6-13(9(8)2)20-14(17-18-19-20)11-5-4-10(15)7-12(11)16/h4-5,7-9,13H,3,6,16H2,1-2H3. The van der Waals surface area contributed by atoms with Gasteiger partial charge in [-0.25, -0.2) is 4.68 Å². The largest absolute Gasteiger partial charge is 0.398 e. The van der Waals surface area contributed by atoms with Crippen LogP contribution in [0.25, 0.3) is 11.4 Å². The van der Waals surface area contributed by atoms with Gasteiger partial charge in [-0.05, 0) is 53.3 Å². The number of nitrogen functional groups attached to an aromatic ring is 1. The third-order valence-corrected chi connectivity index (χ3v) is 4.72. The molecule has 1 aliphatic carbocycles. The zero-order valence-electron chi connectivity index (χ0n) is 11.6. The molecular weight excluding hydrogens is 274 g/mol. The summed E-state index contributed by atoms with van der Waals surface area (Å²) in [6.07, 6.45) is 2.31. The van der Waals surface area contributed by atoms with Crippen molar-refractivity contribution in [3.05, 3.63) is 23.2 Å². The summed E-state index contributed by atoms with van der Waals surface area (Å²) >= 11 is 5.95. The highest BCUT2D eigenvalue weighted by Gasteiger charge is 2.33. The summed E-state index contributed by atoms with van der Waals surface area (Å²) in [4.78, 5) is 0. The topological polar surface area (TPSA) is 69.6 Å². The lowest BCUT2D eigenvalue weighted by atomic mass is 9.97. The number of nitrogens with two attached hydrogens (primary N) is 1. The van der Waals surface area contributed by atoms with Crippen molar-refractivity contribution < 1.29 is 0 Å². The summed E-state index contributed by atoms with van der Waals surface area (Å²) in [5.41, 5.74) is 7.49. The fourth-order valence-electron chi connectivity index (χ4n) is 3.02. The fourth-order valence-corrected chi connectivity index (χ4v) is 3.20. The Kier molecular flexibility index (Phi) is 3.38. The Morgan fingerprint density at radius 1 is 1.30 bits per heavy atom. The van der Waals surface area contributed by atoms with Crippen LogP contribution in [0.15, 0.2) is 18.2 Å². The molecule has 0 bridgehead atoms. The average molecular weight is 292 g/mol. The van der Waals surface area contributed by atoms with E-state index in [-0.39, 0.29) is 0 Å². The van der Waals surface area contributed by atoms with Gasteiger partial charge in [-0.3, -0.25) is 0 Å². The van der Waals surface area contributed by atoms with Gasteiger partial charge in [0.15, 0.2) is 5.82 Å². The number of halogens is 1. The van der Waals surface area contributed by atoms with Gasteiger partial charge in [0.1, 0.15) is 0 Å². The van der Waals surface area contributed by atoms with E-state index in [1.807, 2.05) is 16.8 Å². The highest BCUT2D eigenvalue weighted by atomic mass is 35.5.